The fourth-order valence-electron chi connectivity index (χ4n) is 2.19. The molecule has 2 N–H and O–H groups in total. The summed E-state index contributed by atoms with van der Waals surface area (Å²) in [5.74, 6) is 0.814. The van der Waals surface area contributed by atoms with Crippen LogP contribution in [-0.4, -0.2) is 17.5 Å². The molecule has 1 heterocycles. The normalized spacial score (nSPS) is 10.8. The summed E-state index contributed by atoms with van der Waals surface area (Å²) in [5, 5.41) is 6.61. The van der Waals surface area contributed by atoms with Crippen LogP contribution in [0, 0.1) is 13.8 Å². The number of halogens is 1. The maximum Gasteiger partial charge on any atom is 0.191 e. The van der Waals surface area contributed by atoms with Crippen LogP contribution in [0.3, 0.4) is 0 Å². The van der Waals surface area contributed by atoms with Gasteiger partial charge in [-0.05, 0) is 38.0 Å². The Kier molecular flexibility index (Phi) is 8.61. The van der Waals surface area contributed by atoms with E-state index in [1.165, 1.54) is 16.7 Å². The zero-order chi connectivity index (χ0) is 15.8. The lowest BCUT2D eigenvalue weighted by Gasteiger charge is -2.12. The summed E-state index contributed by atoms with van der Waals surface area (Å²) in [5.41, 5.74) is 4.70. The van der Waals surface area contributed by atoms with Crippen LogP contribution in [0.15, 0.2) is 47.6 Å². The molecule has 4 nitrogen and oxygen atoms in total. The number of guanidine groups is 1. The minimum Gasteiger partial charge on any atom is -0.357 e. The number of aliphatic imine (C=N–C) groups is 1. The summed E-state index contributed by atoms with van der Waals surface area (Å²) in [4.78, 5) is 9.03. The van der Waals surface area contributed by atoms with Crippen molar-refractivity contribution in [3.8, 4) is 0 Å². The standard InChI is InChI=1S/C18H24N4.HI/c1-4-19-18(21-12-16-9-5-7-14(2)11-16)22-13-17-15(3)8-6-10-20-17;/h5-11H,4,12-13H2,1-3H3,(H2,19,21,22);1H. The summed E-state index contributed by atoms with van der Waals surface area (Å²) in [6.45, 7) is 8.41. The second kappa shape index (κ2) is 10.2. The first-order valence-corrected chi connectivity index (χ1v) is 7.67. The summed E-state index contributed by atoms with van der Waals surface area (Å²) >= 11 is 0. The molecule has 23 heavy (non-hydrogen) atoms. The second-order valence-corrected chi connectivity index (χ2v) is 5.30. The van der Waals surface area contributed by atoms with E-state index >= 15 is 0 Å². The van der Waals surface area contributed by atoms with Crippen molar-refractivity contribution in [2.75, 3.05) is 6.54 Å². The van der Waals surface area contributed by atoms with E-state index in [4.69, 9.17) is 0 Å². The van der Waals surface area contributed by atoms with Crippen molar-refractivity contribution in [3.05, 3.63) is 65.0 Å². The maximum atomic E-state index is 4.64. The average molecular weight is 424 g/mol. The molecule has 1 aromatic carbocycles. The Hall–Kier alpha value is -1.63. The monoisotopic (exact) mass is 424 g/mol. The number of nitrogens with zero attached hydrogens (tertiary/aromatic N) is 2. The van der Waals surface area contributed by atoms with Crippen LogP contribution in [-0.2, 0) is 13.1 Å². The number of benzene rings is 1. The van der Waals surface area contributed by atoms with Crippen LogP contribution in [0.1, 0.15) is 29.3 Å². The Labute approximate surface area is 155 Å². The van der Waals surface area contributed by atoms with E-state index < -0.39 is 0 Å². The number of rotatable bonds is 5. The van der Waals surface area contributed by atoms with Gasteiger partial charge in [0.2, 0.25) is 0 Å². The van der Waals surface area contributed by atoms with Gasteiger partial charge in [0.05, 0.1) is 18.8 Å². The van der Waals surface area contributed by atoms with E-state index in [9.17, 15) is 0 Å². The zero-order valence-electron chi connectivity index (χ0n) is 14.0. The molecule has 5 heteroatoms. The van der Waals surface area contributed by atoms with Gasteiger partial charge in [0, 0.05) is 12.7 Å². The molecule has 0 atom stereocenters. The number of pyridine rings is 1. The number of aryl methyl sites for hydroxylation is 2. The van der Waals surface area contributed by atoms with Gasteiger partial charge in [0.25, 0.3) is 0 Å². The number of nitrogens with one attached hydrogen (secondary N) is 2. The minimum absolute atomic E-state index is 0. The van der Waals surface area contributed by atoms with Crippen LogP contribution in [0.2, 0.25) is 0 Å². The third-order valence-corrected chi connectivity index (χ3v) is 3.39. The van der Waals surface area contributed by atoms with Gasteiger partial charge in [-0.3, -0.25) is 4.98 Å². The van der Waals surface area contributed by atoms with E-state index in [0.29, 0.717) is 13.1 Å². The van der Waals surface area contributed by atoms with Crippen molar-refractivity contribution in [1.82, 2.24) is 15.6 Å². The molecule has 0 aliphatic rings. The van der Waals surface area contributed by atoms with E-state index in [0.717, 1.165) is 18.2 Å². The first-order valence-electron chi connectivity index (χ1n) is 7.67. The molecule has 0 amide bonds. The molecule has 0 aliphatic carbocycles. The molecule has 0 unspecified atom stereocenters. The third-order valence-electron chi connectivity index (χ3n) is 3.39. The van der Waals surface area contributed by atoms with Gasteiger partial charge < -0.3 is 10.6 Å². The largest absolute Gasteiger partial charge is 0.357 e. The summed E-state index contributed by atoms with van der Waals surface area (Å²) in [6, 6.07) is 12.5. The Morgan fingerprint density at radius 3 is 2.65 bits per heavy atom. The first-order chi connectivity index (χ1) is 10.7. The van der Waals surface area contributed by atoms with Crippen LogP contribution in [0.4, 0.5) is 0 Å². The van der Waals surface area contributed by atoms with Gasteiger partial charge in [0.1, 0.15) is 0 Å². The lowest BCUT2D eigenvalue weighted by molar-refractivity contribution is 0.794. The second-order valence-electron chi connectivity index (χ2n) is 5.30. The smallest absolute Gasteiger partial charge is 0.191 e. The Balaban J connectivity index is 0.00000264. The topological polar surface area (TPSA) is 49.3 Å². The average Bonchev–Trinajstić information content (AvgIpc) is 2.51. The zero-order valence-corrected chi connectivity index (χ0v) is 16.3. The van der Waals surface area contributed by atoms with E-state index in [2.05, 4.69) is 71.7 Å². The minimum atomic E-state index is 0. The molecule has 0 saturated heterocycles. The highest BCUT2D eigenvalue weighted by Gasteiger charge is 2.01. The lowest BCUT2D eigenvalue weighted by atomic mass is 10.1. The Morgan fingerprint density at radius 1 is 1.13 bits per heavy atom. The van der Waals surface area contributed by atoms with Crippen LogP contribution >= 0.6 is 24.0 Å². The SMILES string of the molecule is CCNC(=NCc1cccc(C)c1)NCc1ncccc1C.I. The molecular formula is C18H25IN4. The summed E-state index contributed by atoms with van der Waals surface area (Å²) in [7, 11) is 0. The summed E-state index contributed by atoms with van der Waals surface area (Å²) in [6.07, 6.45) is 1.82. The highest BCUT2D eigenvalue weighted by Crippen LogP contribution is 2.05. The molecule has 2 aromatic rings. The van der Waals surface area contributed by atoms with Crippen LogP contribution in [0.25, 0.3) is 0 Å². The van der Waals surface area contributed by atoms with Crippen LogP contribution in [0.5, 0.6) is 0 Å². The Morgan fingerprint density at radius 2 is 1.96 bits per heavy atom. The van der Waals surface area contributed by atoms with Crippen molar-refractivity contribution >= 4 is 29.9 Å². The van der Waals surface area contributed by atoms with Crippen molar-refractivity contribution in [2.24, 2.45) is 4.99 Å². The maximum absolute atomic E-state index is 4.64. The van der Waals surface area contributed by atoms with E-state index in [-0.39, 0.29) is 24.0 Å². The molecule has 2 rings (SSSR count). The van der Waals surface area contributed by atoms with Gasteiger partial charge in [-0.1, -0.05) is 35.9 Å². The lowest BCUT2D eigenvalue weighted by Crippen LogP contribution is -2.37. The number of aromatic nitrogens is 1. The van der Waals surface area contributed by atoms with Gasteiger partial charge in [-0.25, -0.2) is 4.99 Å². The van der Waals surface area contributed by atoms with Gasteiger partial charge >= 0.3 is 0 Å². The van der Waals surface area contributed by atoms with Gasteiger partial charge in [-0.15, -0.1) is 24.0 Å². The molecule has 0 radical (unpaired) electrons. The summed E-state index contributed by atoms with van der Waals surface area (Å²) < 4.78 is 0. The molecule has 0 spiro atoms. The number of hydrogen-bond donors (Lipinski definition) is 2. The van der Waals surface area contributed by atoms with Gasteiger partial charge in [-0.2, -0.15) is 0 Å². The van der Waals surface area contributed by atoms with E-state index in [1.807, 2.05) is 12.3 Å². The van der Waals surface area contributed by atoms with Crippen molar-refractivity contribution in [2.45, 2.75) is 33.9 Å². The molecule has 0 bridgehead atoms. The highest BCUT2D eigenvalue weighted by molar-refractivity contribution is 14.0. The third kappa shape index (κ3) is 6.56. The Bertz CT molecular complexity index is 640. The van der Waals surface area contributed by atoms with Crippen LogP contribution < -0.4 is 10.6 Å². The fourth-order valence-corrected chi connectivity index (χ4v) is 2.19. The number of hydrogen-bond acceptors (Lipinski definition) is 2. The van der Waals surface area contributed by atoms with Crippen molar-refractivity contribution in [3.63, 3.8) is 0 Å². The molecule has 124 valence electrons. The predicted octanol–water partition coefficient (Wildman–Crippen LogP) is 3.57. The molecule has 0 aliphatic heterocycles. The van der Waals surface area contributed by atoms with Gasteiger partial charge in [0.15, 0.2) is 5.96 Å². The quantitative estimate of drug-likeness (QED) is 0.439. The van der Waals surface area contributed by atoms with E-state index in [1.54, 1.807) is 0 Å². The molecule has 0 saturated carbocycles. The predicted molar refractivity (Wildman–Crippen MR) is 107 cm³/mol. The fraction of sp³-hybridized carbons (Fsp3) is 0.333. The molecular weight excluding hydrogens is 399 g/mol. The van der Waals surface area contributed by atoms with Crippen molar-refractivity contribution in [1.29, 1.82) is 0 Å². The molecule has 1 aromatic heterocycles. The first kappa shape index (κ1) is 19.4. The highest BCUT2D eigenvalue weighted by atomic mass is 127. The molecule has 0 fully saturated rings. The van der Waals surface area contributed by atoms with Crippen molar-refractivity contribution < 1.29 is 0 Å².